The van der Waals surface area contributed by atoms with Gasteiger partial charge in [-0.15, -0.1) is 0 Å². The Labute approximate surface area is 167 Å². The van der Waals surface area contributed by atoms with Crippen LogP contribution >= 0.6 is 11.6 Å². The van der Waals surface area contributed by atoms with Gasteiger partial charge in [-0.25, -0.2) is 8.51 Å². The number of H-pyrrole nitrogens is 1. The molecule has 1 fully saturated rings. The predicted octanol–water partition coefficient (Wildman–Crippen LogP) is 3.10. The molecule has 1 N–H and O–H groups in total. The second-order valence-corrected chi connectivity index (χ2v) is 8.67. The van der Waals surface area contributed by atoms with Gasteiger partial charge in [0.25, 0.3) is 5.91 Å². The molecule has 1 saturated heterocycles. The number of carbonyl (C=O) groups excluding carboxylic acids is 1. The molecule has 1 amide bonds. The molecule has 1 aromatic heterocycles. The van der Waals surface area contributed by atoms with E-state index in [4.69, 9.17) is 11.6 Å². The molecule has 8 heteroatoms. The maximum Gasteiger partial charge on any atom is 0.272 e. The Morgan fingerprint density at radius 1 is 1.41 bits per heavy atom. The summed E-state index contributed by atoms with van der Waals surface area (Å²) in [5.41, 5.74) is 1.40. The Morgan fingerprint density at radius 2 is 2.22 bits per heavy atom. The summed E-state index contributed by atoms with van der Waals surface area (Å²) in [7, 11) is -0.933. The van der Waals surface area contributed by atoms with Crippen molar-refractivity contribution in [3.63, 3.8) is 0 Å². The monoisotopic (exact) mass is 408 g/mol. The quantitative estimate of drug-likeness (QED) is 0.765. The average molecular weight is 409 g/mol. The van der Waals surface area contributed by atoms with Crippen molar-refractivity contribution < 1.29 is 9.00 Å². The number of nitrogens with one attached hydrogen (secondary N) is 1. The third kappa shape index (κ3) is 5.40. The predicted molar refractivity (Wildman–Crippen MR) is 108 cm³/mol. The molecule has 1 aromatic carbocycles. The molecule has 0 bridgehead atoms. The molecule has 146 valence electrons. The van der Waals surface area contributed by atoms with Gasteiger partial charge >= 0.3 is 0 Å². The minimum atomic E-state index is -0.933. The zero-order chi connectivity index (χ0) is 19.2. The number of rotatable bonds is 7. The SMILES string of the molecule is CS(=O)N1CCCC(CCN(Cc2ccccc2Cl)C(=O)c2ccn[nH]2)C1. The van der Waals surface area contributed by atoms with Crippen molar-refractivity contribution >= 4 is 28.5 Å². The molecule has 1 aliphatic rings. The normalized spacial score (nSPS) is 19.0. The van der Waals surface area contributed by atoms with Crippen molar-refractivity contribution in [1.82, 2.24) is 19.4 Å². The van der Waals surface area contributed by atoms with Crippen LogP contribution in [0.3, 0.4) is 0 Å². The number of benzene rings is 1. The number of carbonyl (C=O) groups is 1. The highest BCUT2D eigenvalue weighted by atomic mass is 35.5. The first-order chi connectivity index (χ1) is 13.0. The lowest BCUT2D eigenvalue weighted by molar-refractivity contribution is 0.0720. The Balaban J connectivity index is 1.69. The smallest absolute Gasteiger partial charge is 0.272 e. The van der Waals surface area contributed by atoms with Crippen LogP contribution in [-0.4, -0.2) is 55.4 Å². The summed E-state index contributed by atoms with van der Waals surface area (Å²) in [4.78, 5) is 14.7. The minimum absolute atomic E-state index is 0.0841. The third-order valence-electron chi connectivity index (χ3n) is 4.99. The van der Waals surface area contributed by atoms with E-state index in [-0.39, 0.29) is 5.91 Å². The van der Waals surface area contributed by atoms with Gasteiger partial charge in [0.1, 0.15) is 5.69 Å². The second kappa shape index (κ2) is 9.48. The summed E-state index contributed by atoms with van der Waals surface area (Å²) in [6.07, 6.45) is 6.33. The molecule has 3 rings (SSSR count). The molecule has 2 atom stereocenters. The van der Waals surface area contributed by atoms with E-state index in [0.717, 1.165) is 37.9 Å². The van der Waals surface area contributed by atoms with Crippen molar-refractivity contribution in [2.75, 3.05) is 25.9 Å². The highest BCUT2D eigenvalue weighted by Gasteiger charge is 2.24. The molecule has 6 nitrogen and oxygen atoms in total. The van der Waals surface area contributed by atoms with Crippen LogP contribution in [0.2, 0.25) is 5.02 Å². The number of piperidine rings is 1. The summed E-state index contributed by atoms with van der Waals surface area (Å²) < 4.78 is 13.8. The van der Waals surface area contributed by atoms with Crippen molar-refractivity contribution in [1.29, 1.82) is 0 Å². The average Bonchev–Trinajstić information content (AvgIpc) is 3.21. The van der Waals surface area contributed by atoms with Crippen LogP contribution in [0.15, 0.2) is 36.5 Å². The topological polar surface area (TPSA) is 69.3 Å². The Bertz CT molecular complexity index is 784. The third-order valence-corrected chi connectivity index (χ3v) is 6.42. The molecular weight excluding hydrogens is 384 g/mol. The summed E-state index contributed by atoms with van der Waals surface area (Å²) in [5.74, 6) is 0.352. The lowest BCUT2D eigenvalue weighted by Gasteiger charge is -2.32. The van der Waals surface area contributed by atoms with Crippen LogP contribution < -0.4 is 0 Å². The summed E-state index contributed by atoms with van der Waals surface area (Å²) in [6.45, 7) is 2.78. The van der Waals surface area contributed by atoms with Crippen LogP contribution in [0.4, 0.5) is 0 Å². The lowest BCUT2D eigenvalue weighted by atomic mass is 9.96. The molecule has 0 spiro atoms. The highest BCUT2D eigenvalue weighted by molar-refractivity contribution is 7.81. The van der Waals surface area contributed by atoms with E-state index in [1.54, 1.807) is 18.5 Å². The van der Waals surface area contributed by atoms with E-state index >= 15 is 0 Å². The van der Waals surface area contributed by atoms with E-state index in [1.807, 2.05) is 33.5 Å². The molecule has 0 aliphatic carbocycles. The lowest BCUT2D eigenvalue weighted by Crippen LogP contribution is -2.39. The number of hydrogen-bond donors (Lipinski definition) is 1. The van der Waals surface area contributed by atoms with Gasteiger partial charge in [-0.3, -0.25) is 9.89 Å². The first-order valence-corrected chi connectivity index (χ1v) is 11.0. The van der Waals surface area contributed by atoms with E-state index in [0.29, 0.717) is 29.7 Å². The van der Waals surface area contributed by atoms with Crippen LogP contribution in [0.25, 0.3) is 0 Å². The number of nitrogens with zero attached hydrogens (tertiary/aromatic N) is 3. The largest absolute Gasteiger partial charge is 0.333 e. The Hall–Kier alpha value is -1.70. The molecule has 27 heavy (non-hydrogen) atoms. The molecular formula is C19H25ClN4O2S. The van der Waals surface area contributed by atoms with Gasteiger partial charge in [-0.05, 0) is 42.9 Å². The van der Waals surface area contributed by atoms with E-state index < -0.39 is 11.0 Å². The van der Waals surface area contributed by atoms with E-state index in [2.05, 4.69) is 10.2 Å². The molecule has 0 saturated carbocycles. The zero-order valence-corrected chi connectivity index (χ0v) is 17.0. The minimum Gasteiger partial charge on any atom is -0.333 e. The van der Waals surface area contributed by atoms with Crippen molar-refractivity contribution in [3.05, 3.63) is 52.8 Å². The van der Waals surface area contributed by atoms with Crippen LogP contribution in [0.5, 0.6) is 0 Å². The molecule has 1 aliphatic heterocycles. The van der Waals surface area contributed by atoms with Crippen molar-refractivity contribution in [2.45, 2.75) is 25.8 Å². The summed E-state index contributed by atoms with van der Waals surface area (Å²) in [5, 5.41) is 7.30. The first-order valence-electron chi connectivity index (χ1n) is 9.15. The Kier molecular flexibility index (Phi) is 7.04. The summed E-state index contributed by atoms with van der Waals surface area (Å²) >= 11 is 6.30. The zero-order valence-electron chi connectivity index (χ0n) is 15.4. The van der Waals surface area contributed by atoms with Gasteiger partial charge in [-0.2, -0.15) is 5.10 Å². The molecule has 2 unspecified atom stereocenters. The van der Waals surface area contributed by atoms with Crippen molar-refractivity contribution in [3.8, 4) is 0 Å². The van der Waals surface area contributed by atoms with Gasteiger partial charge in [0.15, 0.2) is 0 Å². The molecule has 0 radical (unpaired) electrons. The molecule has 2 heterocycles. The number of amides is 1. The number of aromatic amines is 1. The van der Waals surface area contributed by atoms with Crippen LogP contribution in [0, 0.1) is 5.92 Å². The number of hydrogen-bond acceptors (Lipinski definition) is 3. The second-order valence-electron chi connectivity index (χ2n) is 6.90. The standard InChI is InChI=1S/C19H25ClN4O2S/c1-27(26)24-11-4-5-15(13-24)9-12-23(19(25)18-8-10-21-22-18)14-16-6-2-3-7-17(16)20/h2-3,6-8,10,15H,4-5,9,11-14H2,1H3,(H,21,22). The van der Waals surface area contributed by atoms with Crippen LogP contribution in [-0.2, 0) is 17.5 Å². The van der Waals surface area contributed by atoms with Gasteiger partial charge in [0.05, 0.1) is 11.0 Å². The van der Waals surface area contributed by atoms with Crippen molar-refractivity contribution in [2.24, 2.45) is 5.92 Å². The first kappa shape index (κ1) is 20.0. The maximum absolute atomic E-state index is 12.9. The van der Waals surface area contributed by atoms with Gasteiger partial charge in [0, 0.05) is 43.7 Å². The fourth-order valence-electron chi connectivity index (χ4n) is 3.46. The van der Waals surface area contributed by atoms with Gasteiger partial charge in [0.2, 0.25) is 0 Å². The van der Waals surface area contributed by atoms with E-state index in [1.165, 1.54) is 0 Å². The molecule has 2 aromatic rings. The number of aromatic nitrogens is 2. The summed E-state index contributed by atoms with van der Waals surface area (Å²) in [6, 6.07) is 9.28. The fourth-order valence-corrected chi connectivity index (χ4v) is 4.47. The van der Waals surface area contributed by atoms with Gasteiger partial charge in [-0.1, -0.05) is 29.8 Å². The van der Waals surface area contributed by atoms with Gasteiger partial charge < -0.3 is 4.90 Å². The maximum atomic E-state index is 12.9. The number of halogens is 1. The Morgan fingerprint density at radius 3 is 2.93 bits per heavy atom. The van der Waals surface area contributed by atoms with Crippen LogP contribution in [0.1, 0.15) is 35.3 Å². The highest BCUT2D eigenvalue weighted by Crippen LogP contribution is 2.23. The van der Waals surface area contributed by atoms with E-state index in [9.17, 15) is 9.00 Å². The fraction of sp³-hybridized carbons (Fsp3) is 0.474.